The van der Waals surface area contributed by atoms with Crippen LogP contribution in [0.3, 0.4) is 0 Å². The van der Waals surface area contributed by atoms with Gasteiger partial charge in [0.25, 0.3) is 0 Å². The van der Waals surface area contributed by atoms with Gasteiger partial charge in [-0.15, -0.1) is 11.8 Å². The van der Waals surface area contributed by atoms with Gasteiger partial charge in [-0.25, -0.2) is 4.79 Å². The number of carbonyl (C=O) groups is 1. The van der Waals surface area contributed by atoms with Crippen molar-refractivity contribution in [1.29, 1.82) is 0 Å². The average molecular weight is 756 g/mol. The van der Waals surface area contributed by atoms with Crippen molar-refractivity contribution in [2.45, 2.75) is 62.7 Å². The molecule has 0 heterocycles. The fourth-order valence-corrected chi connectivity index (χ4v) is 9.86. The summed E-state index contributed by atoms with van der Waals surface area (Å²) in [7, 11) is 4.14. The molecule has 0 radical (unpaired) electrons. The van der Waals surface area contributed by atoms with Crippen LogP contribution in [0.2, 0.25) is 0 Å². The van der Waals surface area contributed by atoms with Crippen molar-refractivity contribution in [3.8, 4) is 11.1 Å². The fraction of sp³-hybridized carbons (Fsp3) is 0.235. The third-order valence-electron chi connectivity index (χ3n) is 11.5. The summed E-state index contributed by atoms with van der Waals surface area (Å²) in [6.45, 7) is 9.51. The summed E-state index contributed by atoms with van der Waals surface area (Å²) in [5.74, 6) is -0.133. The molecule has 282 valence electrons. The Labute approximate surface area is 334 Å². The third kappa shape index (κ3) is 7.22. The molecule has 0 saturated heterocycles. The first-order chi connectivity index (χ1) is 26.8. The number of aromatic carboxylic acids is 1. The molecule has 2 aliphatic carbocycles. The summed E-state index contributed by atoms with van der Waals surface area (Å²) in [6.07, 6.45) is 9.64. The molecule has 5 heteroatoms. The lowest BCUT2D eigenvalue weighted by atomic mass is 9.64. The number of nitrogens with zero attached hydrogens (tertiary/aromatic N) is 1. The molecule has 4 nitrogen and oxygen atoms in total. The lowest BCUT2D eigenvalue weighted by Crippen LogP contribution is -2.28. The van der Waals surface area contributed by atoms with Crippen LogP contribution in [0.5, 0.6) is 0 Å². The van der Waals surface area contributed by atoms with Crippen LogP contribution < -0.4 is 4.90 Å². The van der Waals surface area contributed by atoms with Crippen molar-refractivity contribution in [2.24, 2.45) is 5.41 Å². The van der Waals surface area contributed by atoms with E-state index in [2.05, 4.69) is 132 Å². The van der Waals surface area contributed by atoms with Crippen molar-refractivity contribution in [1.82, 2.24) is 0 Å². The van der Waals surface area contributed by atoms with Crippen LogP contribution in [-0.2, 0) is 11.2 Å². The molecule has 0 aromatic heterocycles. The van der Waals surface area contributed by atoms with Gasteiger partial charge in [-0.3, -0.25) is 0 Å². The summed E-state index contributed by atoms with van der Waals surface area (Å²) < 4.78 is 0. The molecule has 1 unspecified atom stereocenters. The number of carboxylic acids is 1. The van der Waals surface area contributed by atoms with Gasteiger partial charge in [-0.05, 0) is 121 Å². The van der Waals surface area contributed by atoms with Gasteiger partial charge in [0.2, 0.25) is 0 Å². The first kappa shape index (κ1) is 37.6. The van der Waals surface area contributed by atoms with Crippen molar-refractivity contribution >= 4 is 56.6 Å². The number of benzene rings is 6. The number of carboxylic acid groups (broad SMARTS) is 1. The number of fused-ring (bicyclic) bond motifs is 5. The Kier molecular flexibility index (Phi) is 9.80. The molecule has 8 rings (SSSR count). The molecule has 0 bridgehead atoms. The lowest BCUT2D eigenvalue weighted by Gasteiger charge is -2.40. The molecule has 6 aromatic carbocycles. The number of anilines is 1. The number of thioether (sulfide) groups is 1. The van der Waals surface area contributed by atoms with E-state index in [0.717, 1.165) is 51.6 Å². The van der Waals surface area contributed by atoms with Gasteiger partial charge in [0.15, 0.2) is 0 Å². The van der Waals surface area contributed by atoms with E-state index in [1.54, 1.807) is 35.9 Å². The van der Waals surface area contributed by atoms with Gasteiger partial charge in [-0.2, -0.15) is 0 Å². The Bertz CT molecular complexity index is 2590. The van der Waals surface area contributed by atoms with Gasteiger partial charge >= 0.3 is 5.97 Å². The zero-order valence-corrected chi connectivity index (χ0v) is 33.9. The van der Waals surface area contributed by atoms with E-state index < -0.39 is 12.1 Å². The Morgan fingerprint density at radius 3 is 2.29 bits per heavy atom. The maximum atomic E-state index is 12.0. The maximum Gasteiger partial charge on any atom is 0.335 e. The van der Waals surface area contributed by atoms with E-state index in [-0.39, 0.29) is 16.4 Å². The summed E-state index contributed by atoms with van der Waals surface area (Å²) in [6, 6.07) is 37.4. The zero-order valence-electron chi connectivity index (χ0n) is 33.1. The van der Waals surface area contributed by atoms with Crippen LogP contribution in [0, 0.1) is 5.41 Å². The predicted molar refractivity (Wildman–Crippen MR) is 237 cm³/mol. The van der Waals surface area contributed by atoms with Gasteiger partial charge in [-0.1, -0.05) is 130 Å². The minimum atomic E-state index is -0.961. The topological polar surface area (TPSA) is 60.8 Å². The molecule has 0 aliphatic heterocycles. The predicted octanol–water partition coefficient (Wildman–Crippen LogP) is 12.9. The molecule has 1 atom stereocenters. The minimum absolute atomic E-state index is 0.0586. The van der Waals surface area contributed by atoms with Crippen molar-refractivity contribution in [3.05, 3.63) is 166 Å². The molecule has 56 heavy (non-hydrogen) atoms. The SMILES string of the molecule is CN(C)c1ccc(CSc2cc(-c3ccc4ccccc4c3C(O)C=Cc3ccc(C(=O)O)cc3)cc3ccc4c(c23)C(C)(C)CC2=C4C=CC(C)(C)C2)cc1. The molecule has 0 saturated carbocycles. The number of hydrogen-bond acceptors (Lipinski definition) is 4. The summed E-state index contributed by atoms with van der Waals surface area (Å²) in [5, 5.41) is 26.0. The minimum Gasteiger partial charge on any atom is -0.478 e. The van der Waals surface area contributed by atoms with Crippen molar-refractivity contribution in [2.75, 3.05) is 19.0 Å². The summed E-state index contributed by atoms with van der Waals surface area (Å²) >= 11 is 1.89. The molecular formula is C51H49NO3S. The lowest BCUT2D eigenvalue weighted by molar-refractivity contribution is 0.0697. The smallest absolute Gasteiger partial charge is 0.335 e. The highest BCUT2D eigenvalue weighted by molar-refractivity contribution is 7.98. The quantitative estimate of drug-likeness (QED) is 0.144. The van der Waals surface area contributed by atoms with E-state index in [1.807, 2.05) is 30.0 Å². The van der Waals surface area contributed by atoms with Crippen LogP contribution in [0.1, 0.15) is 84.8 Å². The highest BCUT2D eigenvalue weighted by atomic mass is 32.2. The Morgan fingerprint density at radius 2 is 1.55 bits per heavy atom. The van der Waals surface area contributed by atoms with E-state index in [1.165, 1.54) is 43.6 Å². The Morgan fingerprint density at radius 1 is 0.839 bits per heavy atom. The highest BCUT2D eigenvalue weighted by Gasteiger charge is 2.37. The molecule has 0 spiro atoms. The number of rotatable bonds is 9. The van der Waals surface area contributed by atoms with Crippen LogP contribution in [0.25, 0.3) is 44.3 Å². The second-order valence-corrected chi connectivity index (χ2v) is 18.0. The van der Waals surface area contributed by atoms with E-state index in [9.17, 15) is 15.0 Å². The summed E-state index contributed by atoms with van der Waals surface area (Å²) in [5.41, 5.74) is 12.2. The van der Waals surface area contributed by atoms with Gasteiger partial charge in [0, 0.05) is 36.0 Å². The largest absolute Gasteiger partial charge is 0.478 e. The number of hydrogen-bond donors (Lipinski definition) is 2. The standard InChI is InChI=1S/C51H49NO3S/c1-50(2)26-25-40-38(29-50)30-51(3,4)48-43(40)23-19-36-27-37(28-45(46(36)48)56-31-33-13-20-39(21-14-33)52(5)6)42-22-18-34-9-7-8-10-41(34)47(42)44(53)24-15-32-11-16-35(17-12-32)49(54)55/h7-28,44,53H,29-31H2,1-6H3,(H,54,55). The van der Waals surface area contributed by atoms with Gasteiger partial charge in [0.1, 0.15) is 0 Å². The Hall–Kier alpha value is -5.36. The summed E-state index contributed by atoms with van der Waals surface area (Å²) in [4.78, 5) is 14.8. The number of aliphatic hydroxyl groups excluding tert-OH is 1. The average Bonchev–Trinajstić information content (AvgIpc) is 3.17. The van der Waals surface area contributed by atoms with Crippen LogP contribution in [0.4, 0.5) is 5.69 Å². The van der Waals surface area contributed by atoms with Gasteiger partial charge < -0.3 is 15.1 Å². The third-order valence-corrected chi connectivity index (χ3v) is 12.6. The molecule has 2 aliphatic rings. The molecule has 0 amide bonds. The second-order valence-electron chi connectivity index (χ2n) is 17.0. The van der Waals surface area contributed by atoms with Crippen LogP contribution >= 0.6 is 11.8 Å². The zero-order chi connectivity index (χ0) is 39.4. The molecular weight excluding hydrogens is 707 g/mol. The monoisotopic (exact) mass is 755 g/mol. The molecule has 6 aromatic rings. The van der Waals surface area contributed by atoms with Crippen molar-refractivity contribution in [3.63, 3.8) is 0 Å². The van der Waals surface area contributed by atoms with E-state index >= 15 is 0 Å². The maximum absolute atomic E-state index is 12.0. The van der Waals surface area contributed by atoms with E-state index in [4.69, 9.17) is 0 Å². The van der Waals surface area contributed by atoms with Gasteiger partial charge in [0.05, 0.1) is 11.7 Å². The first-order valence-electron chi connectivity index (χ1n) is 19.4. The van der Waals surface area contributed by atoms with Crippen LogP contribution in [-0.4, -0.2) is 30.3 Å². The second kappa shape index (κ2) is 14.6. The Balaban J connectivity index is 1.29. The molecule has 2 N–H and O–H groups in total. The van der Waals surface area contributed by atoms with E-state index in [0.29, 0.717) is 0 Å². The first-order valence-corrected chi connectivity index (χ1v) is 20.4. The molecule has 0 fully saturated rings. The number of allylic oxidation sites excluding steroid dienone is 4. The van der Waals surface area contributed by atoms with Crippen molar-refractivity contribution < 1.29 is 15.0 Å². The number of aliphatic hydroxyl groups is 1. The fourth-order valence-electron chi connectivity index (χ4n) is 8.77. The highest BCUT2D eigenvalue weighted by Crippen LogP contribution is 2.53. The normalized spacial score (nSPS) is 16.3. The van der Waals surface area contributed by atoms with Crippen LogP contribution in [0.15, 0.2) is 138 Å².